The lowest BCUT2D eigenvalue weighted by Crippen LogP contribution is -2.44. The highest BCUT2D eigenvalue weighted by Crippen LogP contribution is 2.47. The van der Waals surface area contributed by atoms with Crippen molar-refractivity contribution in [3.8, 4) is 22.3 Å². The number of aliphatic carboxylic acids is 1. The minimum atomic E-state index is -1.28. The Kier molecular flexibility index (Phi) is 11.2. The van der Waals surface area contributed by atoms with Crippen molar-refractivity contribution >= 4 is 63.1 Å². The molecule has 0 radical (unpaired) electrons. The van der Waals surface area contributed by atoms with Gasteiger partial charge in [0.2, 0.25) is 16.9 Å². The Morgan fingerprint density at radius 2 is 1.44 bits per heavy atom. The van der Waals surface area contributed by atoms with Gasteiger partial charge in [-0.1, -0.05) is 91.4 Å². The van der Waals surface area contributed by atoms with E-state index >= 15 is 0 Å². The molecular formula is C33H36ClN3O6S2. The van der Waals surface area contributed by atoms with E-state index in [1.54, 1.807) is 0 Å². The van der Waals surface area contributed by atoms with Crippen LogP contribution in [0.25, 0.3) is 22.3 Å². The number of hydrogen-bond acceptors (Lipinski definition) is 7. The molecule has 2 unspecified atom stereocenters. The third kappa shape index (κ3) is 8.80. The molecule has 1 aromatic heterocycles. The molecule has 1 aliphatic heterocycles. The van der Waals surface area contributed by atoms with Crippen LogP contribution < -0.4 is 10.6 Å². The molecule has 2 atom stereocenters. The number of nitrogens with one attached hydrogen (secondary N) is 2. The number of fused-ring (bicyclic) bond motifs is 1. The molecule has 2 amide bonds. The molecule has 0 bridgehead atoms. The van der Waals surface area contributed by atoms with Gasteiger partial charge in [-0.05, 0) is 35.1 Å². The molecule has 9 nitrogen and oxygen atoms in total. The SMILES string of the molecule is CC(=O)NC(CSC(=O)C(CSC(=O)Cc1c(-c2ccc(Cl)cc2)c(-c2ccccc2)c2n1CC(C)(C)C2)NC(C)=O)C(=O)O. The molecular weight excluding hydrogens is 634 g/mol. The van der Waals surface area contributed by atoms with Crippen molar-refractivity contribution in [1.29, 1.82) is 0 Å². The number of aromatic nitrogens is 1. The van der Waals surface area contributed by atoms with E-state index in [4.69, 9.17) is 11.6 Å². The first-order chi connectivity index (χ1) is 21.3. The molecule has 0 fully saturated rings. The number of carbonyl (C=O) groups excluding carboxylic acids is 4. The minimum absolute atomic E-state index is 0.00642. The molecule has 45 heavy (non-hydrogen) atoms. The monoisotopic (exact) mass is 669 g/mol. The normalized spacial score (nSPS) is 14.7. The highest BCUT2D eigenvalue weighted by molar-refractivity contribution is 8.15. The van der Waals surface area contributed by atoms with E-state index in [2.05, 4.69) is 41.2 Å². The number of carboxylic acids is 1. The lowest BCUT2D eigenvalue weighted by atomic mass is 9.86. The van der Waals surface area contributed by atoms with Crippen LogP contribution in [-0.4, -0.2) is 61.3 Å². The summed E-state index contributed by atoms with van der Waals surface area (Å²) in [7, 11) is 0. The molecule has 0 saturated heterocycles. The van der Waals surface area contributed by atoms with E-state index in [-0.39, 0.29) is 28.5 Å². The Morgan fingerprint density at radius 3 is 2.04 bits per heavy atom. The first-order valence-electron chi connectivity index (χ1n) is 14.4. The van der Waals surface area contributed by atoms with Crippen molar-refractivity contribution < 1.29 is 29.1 Å². The van der Waals surface area contributed by atoms with Crippen molar-refractivity contribution in [2.24, 2.45) is 5.41 Å². The second-order valence-electron chi connectivity index (χ2n) is 11.8. The fraction of sp³-hybridized carbons (Fsp3) is 0.364. The third-order valence-corrected chi connectivity index (χ3v) is 9.65. The average molecular weight is 670 g/mol. The zero-order valence-electron chi connectivity index (χ0n) is 25.5. The summed E-state index contributed by atoms with van der Waals surface area (Å²) in [6.07, 6.45) is 0.932. The Morgan fingerprint density at radius 1 is 0.867 bits per heavy atom. The van der Waals surface area contributed by atoms with Gasteiger partial charge >= 0.3 is 5.97 Å². The van der Waals surface area contributed by atoms with Crippen molar-refractivity contribution in [3.05, 3.63) is 71.0 Å². The maximum Gasteiger partial charge on any atom is 0.327 e. The van der Waals surface area contributed by atoms with Crippen LogP contribution in [-0.2, 0) is 43.4 Å². The number of thioether (sulfide) groups is 2. The number of rotatable bonds is 12. The lowest BCUT2D eigenvalue weighted by Gasteiger charge is -2.19. The van der Waals surface area contributed by atoms with Gasteiger partial charge in [0.05, 0.1) is 6.42 Å². The maximum absolute atomic E-state index is 13.6. The molecule has 12 heteroatoms. The van der Waals surface area contributed by atoms with Gasteiger partial charge in [-0.15, -0.1) is 0 Å². The first-order valence-corrected chi connectivity index (χ1v) is 16.8. The van der Waals surface area contributed by atoms with Crippen LogP contribution in [0.4, 0.5) is 0 Å². The van der Waals surface area contributed by atoms with Crippen LogP contribution >= 0.6 is 35.1 Å². The Balaban J connectivity index is 1.61. The number of hydrogen-bond donors (Lipinski definition) is 3. The molecule has 1 aliphatic rings. The van der Waals surface area contributed by atoms with E-state index < -0.39 is 35.0 Å². The molecule has 3 aromatic rings. The topological polar surface area (TPSA) is 135 Å². The van der Waals surface area contributed by atoms with E-state index in [1.807, 2.05) is 42.5 Å². The summed E-state index contributed by atoms with van der Waals surface area (Å²) in [6, 6.07) is 15.4. The molecule has 2 aromatic carbocycles. The third-order valence-electron chi connectivity index (χ3n) is 7.36. The highest BCUT2D eigenvalue weighted by Gasteiger charge is 2.36. The fourth-order valence-corrected chi connectivity index (χ4v) is 7.48. The van der Waals surface area contributed by atoms with E-state index in [0.29, 0.717) is 16.8 Å². The van der Waals surface area contributed by atoms with Crippen molar-refractivity contribution in [3.63, 3.8) is 0 Å². The first kappa shape index (κ1) is 34.3. The molecule has 4 rings (SSSR count). The van der Waals surface area contributed by atoms with E-state index in [0.717, 1.165) is 52.7 Å². The predicted octanol–water partition coefficient (Wildman–Crippen LogP) is 5.21. The minimum Gasteiger partial charge on any atom is -0.480 e. The Bertz CT molecular complexity index is 1600. The van der Waals surface area contributed by atoms with Gasteiger partial charge in [-0.3, -0.25) is 19.2 Å². The van der Waals surface area contributed by atoms with Gasteiger partial charge in [-0.2, -0.15) is 0 Å². The summed E-state index contributed by atoms with van der Waals surface area (Å²) < 4.78 is 2.26. The molecule has 3 N–H and O–H groups in total. The van der Waals surface area contributed by atoms with Crippen molar-refractivity contribution in [2.45, 2.75) is 59.2 Å². The predicted molar refractivity (Wildman–Crippen MR) is 179 cm³/mol. The van der Waals surface area contributed by atoms with E-state index in [9.17, 15) is 29.1 Å². The molecule has 238 valence electrons. The van der Waals surface area contributed by atoms with Gasteiger partial charge in [0.15, 0.2) is 5.12 Å². The molecule has 0 aliphatic carbocycles. The number of benzene rings is 2. The van der Waals surface area contributed by atoms with Gasteiger partial charge < -0.3 is 20.3 Å². The second-order valence-corrected chi connectivity index (χ2v) is 14.3. The van der Waals surface area contributed by atoms with Gasteiger partial charge in [-0.25, -0.2) is 4.79 Å². The number of carboxylic acid groups (broad SMARTS) is 1. The summed E-state index contributed by atoms with van der Waals surface area (Å²) in [6.45, 7) is 7.61. The van der Waals surface area contributed by atoms with Gasteiger partial charge in [0.1, 0.15) is 12.1 Å². The number of nitrogens with zero attached hydrogens (tertiary/aromatic N) is 1. The largest absolute Gasteiger partial charge is 0.480 e. The highest BCUT2D eigenvalue weighted by atomic mass is 35.5. The summed E-state index contributed by atoms with van der Waals surface area (Å²) in [5.41, 5.74) is 6.10. The zero-order valence-corrected chi connectivity index (χ0v) is 27.9. The van der Waals surface area contributed by atoms with Crippen LogP contribution in [0.1, 0.15) is 39.1 Å². The summed E-state index contributed by atoms with van der Waals surface area (Å²) >= 11 is 7.87. The number of halogens is 1. The number of carbonyl (C=O) groups is 5. The van der Waals surface area contributed by atoms with Crippen molar-refractivity contribution in [2.75, 3.05) is 11.5 Å². The van der Waals surface area contributed by atoms with Crippen LogP contribution in [0.15, 0.2) is 54.6 Å². The quantitative estimate of drug-likeness (QED) is 0.239. The molecule has 2 heterocycles. The Hall–Kier alpha value is -3.54. The Labute approximate surface area is 275 Å². The second kappa shape index (κ2) is 14.7. The van der Waals surface area contributed by atoms with Crippen LogP contribution in [0, 0.1) is 5.41 Å². The lowest BCUT2D eigenvalue weighted by molar-refractivity contribution is -0.140. The van der Waals surface area contributed by atoms with Crippen LogP contribution in [0.5, 0.6) is 0 Å². The smallest absolute Gasteiger partial charge is 0.327 e. The average Bonchev–Trinajstić information content (AvgIpc) is 3.43. The van der Waals surface area contributed by atoms with Gasteiger partial charge in [0, 0.05) is 59.4 Å². The van der Waals surface area contributed by atoms with Crippen LogP contribution in [0.3, 0.4) is 0 Å². The number of amides is 2. The van der Waals surface area contributed by atoms with E-state index in [1.165, 1.54) is 19.5 Å². The maximum atomic E-state index is 13.6. The molecule has 0 saturated carbocycles. The summed E-state index contributed by atoms with van der Waals surface area (Å²) in [4.78, 5) is 61.4. The van der Waals surface area contributed by atoms with Gasteiger partial charge in [0.25, 0.3) is 0 Å². The van der Waals surface area contributed by atoms with Crippen molar-refractivity contribution in [1.82, 2.24) is 15.2 Å². The summed E-state index contributed by atoms with van der Waals surface area (Å²) in [5.74, 6) is -2.52. The summed E-state index contributed by atoms with van der Waals surface area (Å²) in [5, 5.41) is 14.2. The zero-order chi connectivity index (χ0) is 32.9. The fourth-order valence-electron chi connectivity index (χ4n) is 5.52. The standard InChI is InChI=1S/C33H36ClN3O6S2/c1-19(38)35-24(31(41)42)16-45-32(43)25(36-20(2)39)17-44-28(40)14-26-29(22-10-12-23(34)13-11-22)30(21-8-6-5-7-9-21)27-15-33(3,4)18-37(26)27/h5-13,24-25H,14-18H2,1-4H3,(H,35,38)(H,36,39)(H,41,42). The van der Waals surface area contributed by atoms with Crippen LogP contribution in [0.2, 0.25) is 5.02 Å². The molecule has 0 spiro atoms.